The van der Waals surface area contributed by atoms with E-state index in [2.05, 4.69) is 15.3 Å². The number of ether oxygens (including phenoxy) is 1. The summed E-state index contributed by atoms with van der Waals surface area (Å²) < 4.78 is 5.23. The molecular weight excluding hydrogens is 421 g/mol. The van der Waals surface area contributed by atoms with Crippen molar-refractivity contribution in [3.8, 4) is 0 Å². The number of nitrogens with one attached hydrogen (secondary N) is 1. The van der Waals surface area contributed by atoms with E-state index < -0.39 is 18.0 Å². The van der Waals surface area contributed by atoms with Crippen molar-refractivity contribution < 1.29 is 14.3 Å². The summed E-state index contributed by atoms with van der Waals surface area (Å²) in [7, 11) is 0. The standard InChI is InChI=1S/C19H21Cl2N3O3S/c1-10-13(11(2)23-19(22-10)28-4)8-9-16(25)27-12(3)18(26)24-15-7-5-6-14(20)17(15)21/h5-7,12H,8-9H2,1-4H3,(H,24,26). The molecule has 150 valence electrons. The largest absolute Gasteiger partial charge is 0.453 e. The Bertz CT molecular complexity index is 870. The molecule has 1 aromatic heterocycles. The average molecular weight is 442 g/mol. The van der Waals surface area contributed by atoms with Crippen LogP contribution in [-0.4, -0.2) is 34.2 Å². The first kappa shape index (κ1) is 22.5. The van der Waals surface area contributed by atoms with Gasteiger partial charge in [-0.1, -0.05) is 41.0 Å². The average Bonchev–Trinajstić information content (AvgIpc) is 2.64. The number of nitrogens with zero attached hydrogens (tertiary/aromatic N) is 2. The zero-order chi connectivity index (χ0) is 20.8. The summed E-state index contributed by atoms with van der Waals surface area (Å²) in [4.78, 5) is 33.2. The maximum absolute atomic E-state index is 12.3. The molecule has 1 atom stereocenters. The molecule has 6 nitrogen and oxygen atoms in total. The molecule has 0 saturated carbocycles. The second-order valence-corrected chi connectivity index (χ2v) is 7.64. The zero-order valence-corrected chi connectivity index (χ0v) is 18.3. The summed E-state index contributed by atoms with van der Waals surface area (Å²) in [6.45, 7) is 5.28. The number of esters is 1. The molecule has 0 aliphatic rings. The Kier molecular flexibility index (Phi) is 8.10. The normalized spacial score (nSPS) is 11.8. The van der Waals surface area contributed by atoms with Gasteiger partial charge in [0.05, 0.1) is 15.7 Å². The fourth-order valence-corrected chi connectivity index (χ4v) is 3.34. The van der Waals surface area contributed by atoms with Gasteiger partial charge in [-0.05, 0) is 51.1 Å². The highest BCUT2D eigenvalue weighted by molar-refractivity contribution is 7.98. The van der Waals surface area contributed by atoms with E-state index in [0.717, 1.165) is 17.0 Å². The van der Waals surface area contributed by atoms with E-state index in [1.807, 2.05) is 20.1 Å². The first-order valence-electron chi connectivity index (χ1n) is 8.55. The molecule has 0 saturated heterocycles. The van der Waals surface area contributed by atoms with Crippen molar-refractivity contribution in [1.82, 2.24) is 9.97 Å². The third-order valence-electron chi connectivity index (χ3n) is 4.05. The van der Waals surface area contributed by atoms with E-state index in [1.54, 1.807) is 18.2 Å². The molecule has 0 aliphatic heterocycles. The van der Waals surface area contributed by atoms with Crippen LogP contribution in [0.2, 0.25) is 10.0 Å². The molecule has 2 aromatic rings. The van der Waals surface area contributed by atoms with Crippen molar-refractivity contribution >= 4 is 52.5 Å². The van der Waals surface area contributed by atoms with Crippen molar-refractivity contribution in [1.29, 1.82) is 0 Å². The van der Waals surface area contributed by atoms with Gasteiger partial charge in [-0.15, -0.1) is 0 Å². The number of hydrogen-bond acceptors (Lipinski definition) is 6. The summed E-state index contributed by atoms with van der Waals surface area (Å²) in [6, 6.07) is 4.89. The minimum atomic E-state index is -0.972. The fourth-order valence-electron chi connectivity index (χ4n) is 2.53. The van der Waals surface area contributed by atoms with Gasteiger partial charge in [0, 0.05) is 17.8 Å². The van der Waals surface area contributed by atoms with E-state index in [9.17, 15) is 9.59 Å². The predicted molar refractivity (Wildman–Crippen MR) is 112 cm³/mol. The van der Waals surface area contributed by atoms with E-state index in [1.165, 1.54) is 18.7 Å². The van der Waals surface area contributed by atoms with Crippen LogP contribution in [0.1, 0.15) is 30.3 Å². The van der Waals surface area contributed by atoms with Gasteiger partial charge in [0.25, 0.3) is 5.91 Å². The lowest BCUT2D eigenvalue weighted by Gasteiger charge is -2.15. The molecule has 0 aliphatic carbocycles. The van der Waals surface area contributed by atoms with E-state index in [4.69, 9.17) is 27.9 Å². The SMILES string of the molecule is CSc1nc(C)c(CCC(=O)OC(C)C(=O)Nc2cccc(Cl)c2Cl)c(C)n1. The molecule has 0 spiro atoms. The first-order chi connectivity index (χ1) is 13.2. The van der Waals surface area contributed by atoms with Crippen LogP contribution in [-0.2, 0) is 20.7 Å². The van der Waals surface area contributed by atoms with Crippen molar-refractivity contribution in [2.24, 2.45) is 0 Å². The monoisotopic (exact) mass is 441 g/mol. The van der Waals surface area contributed by atoms with Crippen LogP contribution in [0.5, 0.6) is 0 Å². The second kappa shape index (κ2) is 10.1. The number of halogens is 2. The second-order valence-electron chi connectivity index (χ2n) is 6.08. The third-order valence-corrected chi connectivity index (χ3v) is 5.42. The number of anilines is 1. The van der Waals surface area contributed by atoms with Crippen molar-refractivity contribution in [3.63, 3.8) is 0 Å². The number of amides is 1. The number of aromatic nitrogens is 2. The Morgan fingerprint density at radius 3 is 2.46 bits per heavy atom. The molecule has 0 bridgehead atoms. The summed E-state index contributed by atoms with van der Waals surface area (Å²) in [5.74, 6) is -0.967. The number of rotatable bonds is 7. The summed E-state index contributed by atoms with van der Waals surface area (Å²) >= 11 is 13.4. The number of carbonyl (C=O) groups excluding carboxylic acids is 2. The molecule has 1 heterocycles. The smallest absolute Gasteiger partial charge is 0.306 e. The first-order valence-corrected chi connectivity index (χ1v) is 10.5. The van der Waals surface area contributed by atoms with E-state index >= 15 is 0 Å². The van der Waals surface area contributed by atoms with Crippen LogP contribution < -0.4 is 5.32 Å². The minimum absolute atomic E-state index is 0.124. The van der Waals surface area contributed by atoms with Crippen LogP contribution in [0.4, 0.5) is 5.69 Å². The van der Waals surface area contributed by atoms with Gasteiger partial charge < -0.3 is 10.1 Å². The number of hydrogen-bond donors (Lipinski definition) is 1. The fraction of sp³-hybridized carbons (Fsp3) is 0.368. The highest BCUT2D eigenvalue weighted by Gasteiger charge is 2.20. The van der Waals surface area contributed by atoms with Gasteiger partial charge >= 0.3 is 5.97 Å². The quantitative estimate of drug-likeness (QED) is 0.383. The Labute approximate surface area is 178 Å². The Balaban J connectivity index is 1.92. The van der Waals surface area contributed by atoms with Crippen LogP contribution in [0, 0.1) is 13.8 Å². The summed E-state index contributed by atoms with van der Waals surface area (Å²) in [6.07, 6.45) is 1.51. The molecule has 28 heavy (non-hydrogen) atoms. The highest BCUT2D eigenvalue weighted by atomic mass is 35.5. The molecular formula is C19H21Cl2N3O3S. The van der Waals surface area contributed by atoms with Gasteiger partial charge in [0.15, 0.2) is 11.3 Å². The van der Waals surface area contributed by atoms with Gasteiger partial charge in [-0.3, -0.25) is 9.59 Å². The minimum Gasteiger partial charge on any atom is -0.453 e. The lowest BCUT2D eigenvalue weighted by molar-refractivity contribution is -0.153. The summed E-state index contributed by atoms with van der Waals surface area (Å²) in [5, 5.41) is 3.86. The van der Waals surface area contributed by atoms with Crippen molar-refractivity contribution in [2.75, 3.05) is 11.6 Å². The van der Waals surface area contributed by atoms with Crippen LogP contribution in [0.25, 0.3) is 0 Å². The van der Waals surface area contributed by atoms with Crippen LogP contribution in [0.3, 0.4) is 0 Å². The Morgan fingerprint density at radius 2 is 1.86 bits per heavy atom. The lowest BCUT2D eigenvalue weighted by atomic mass is 10.1. The van der Waals surface area contributed by atoms with Gasteiger partial charge in [0.2, 0.25) is 0 Å². The summed E-state index contributed by atoms with van der Waals surface area (Å²) in [5.41, 5.74) is 2.95. The van der Waals surface area contributed by atoms with Crippen molar-refractivity contribution in [2.45, 2.75) is 44.9 Å². The molecule has 1 amide bonds. The Morgan fingerprint density at radius 1 is 1.21 bits per heavy atom. The zero-order valence-electron chi connectivity index (χ0n) is 16.0. The number of thioether (sulfide) groups is 1. The van der Waals surface area contributed by atoms with E-state index in [0.29, 0.717) is 22.3 Å². The number of carbonyl (C=O) groups is 2. The van der Waals surface area contributed by atoms with Gasteiger partial charge in [0.1, 0.15) is 0 Å². The predicted octanol–water partition coefficient (Wildman–Crippen LogP) is 4.63. The molecule has 2 rings (SSSR count). The molecule has 1 aromatic carbocycles. The molecule has 0 fully saturated rings. The number of aryl methyl sites for hydroxylation is 2. The third kappa shape index (κ3) is 5.83. The van der Waals surface area contributed by atoms with Crippen LogP contribution >= 0.6 is 35.0 Å². The lowest BCUT2D eigenvalue weighted by Crippen LogP contribution is -2.30. The maximum atomic E-state index is 12.3. The van der Waals surface area contributed by atoms with Gasteiger partial charge in [-0.2, -0.15) is 0 Å². The van der Waals surface area contributed by atoms with Gasteiger partial charge in [-0.25, -0.2) is 9.97 Å². The highest BCUT2D eigenvalue weighted by Crippen LogP contribution is 2.29. The maximum Gasteiger partial charge on any atom is 0.306 e. The molecule has 1 N–H and O–H groups in total. The van der Waals surface area contributed by atoms with Crippen LogP contribution in [0.15, 0.2) is 23.4 Å². The van der Waals surface area contributed by atoms with Crippen molar-refractivity contribution in [3.05, 3.63) is 45.2 Å². The molecule has 1 unspecified atom stereocenters. The number of benzene rings is 1. The Hall–Kier alpha value is -1.83. The topological polar surface area (TPSA) is 81.2 Å². The van der Waals surface area contributed by atoms with E-state index in [-0.39, 0.29) is 11.4 Å². The molecule has 9 heteroatoms. The molecule has 0 radical (unpaired) electrons.